The minimum atomic E-state index is -1.16. The van der Waals surface area contributed by atoms with Crippen LogP contribution in [0.3, 0.4) is 0 Å². The highest BCUT2D eigenvalue weighted by Crippen LogP contribution is 2.34. The lowest BCUT2D eigenvalue weighted by Crippen LogP contribution is -1.93. The van der Waals surface area contributed by atoms with Crippen molar-refractivity contribution in [2.75, 3.05) is 0 Å². The van der Waals surface area contributed by atoms with Crippen LogP contribution in [0.2, 0.25) is 5.02 Å². The van der Waals surface area contributed by atoms with Crippen LogP contribution in [-0.4, -0.2) is 0 Å². The maximum absolute atomic E-state index is 12.9. The van der Waals surface area contributed by atoms with Crippen LogP contribution in [-0.2, 0) is 0 Å². The third kappa shape index (κ3) is 1.82. The van der Waals surface area contributed by atoms with Crippen molar-refractivity contribution in [3.05, 3.63) is 34.4 Å². The van der Waals surface area contributed by atoms with Gasteiger partial charge in [0, 0.05) is 5.56 Å². The molecule has 0 heterocycles. The molecule has 1 rings (SSSR count). The summed E-state index contributed by atoms with van der Waals surface area (Å²) in [5.41, 5.74) is -0.222. The minimum absolute atomic E-state index is 0.222. The van der Waals surface area contributed by atoms with E-state index in [2.05, 4.69) is 0 Å². The van der Waals surface area contributed by atoms with Crippen molar-refractivity contribution in [2.24, 2.45) is 0 Å². The van der Waals surface area contributed by atoms with Gasteiger partial charge in [0.05, 0.1) is 5.02 Å². The lowest BCUT2D eigenvalue weighted by molar-refractivity contribution is 0.590. The Morgan fingerprint density at radius 1 is 1.08 bits per heavy atom. The maximum atomic E-state index is 12.9. The molecule has 0 N–H and O–H groups in total. The van der Waals surface area contributed by atoms with Crippen molar-refractivity contribution < 1.29 is 8.78 Å². The van der Waals surface area contributed by atoms with Crippen LogP contribution in [0.25, 0.3) is 0 Å². The van der Waals surface area contributed by atoms with E-state index in [0.29, 0.717) is 0 Å². The number of halogens is 5. The van der Waals surface area contributed by atoms with E-state index in [1.807, 2.05) is 0 Å². The number of rotatable bonds is 1. The van der Waals surface area contributed by atoms with Gasteiger partial charge in [-0.2, -0.15) is 0 Å². The summed E-state index contributed by atoms with van der Waals surface area (Å²) in [5.74, 6) is -1.45. The average molecular weight is 231 g/mol. The topological polar surface area (TPSA) is 0 Å². The fourth-order valence-electron chi connectivity index (χ4n) is 0.743. The van der Waals surface area contributed by atoms with Gasteiger partial charge < -0.3 is 0 Å². The van der Waals surface area contributed by atoms with E-state index in [1.165, 1.54) is 0 Å². The lowest BCUT2D eigenvalue weighted by atomic mass is 10.2. The summed E-state index contributed by atoms with van der Waals surface area (Å²) >= 11 is 16.1. The van der Waals surface area contributed by atoms with Crippen LogP contribution in [0.15, 0.2) is 12.1 Å². The number of hydrogen-bond donors (Lipinski definition) is 0. The second-order valence-electron chi connectivity index (χ2n) is 2.06. The fraction of sp³-hybridized carbons (Fsp3) is 0.143. The van der Waals surface area contributed by atoms with Crippen LogP contribution in [0.1, 0.15) is 10.4 Å². The number of alkyl halides is 2. The zero-order chi connectivity index (χ0) is 9.30. The zero-order valence-corrected chi connectivity index (χ0v) is 7.89. The Hall–Kier alpha value is -0.0500. The molecule has 0 aliphatic heterocycles. The van der Waals surface area contributed by atoms with Gasteiger partial charge in [-0.3, -0.25) is 0 Å². The molecule has 0 radical (unpaired) electrons. The van der Waals surface area contributed by atoms with E-state index in [9.17, 15) is 8.78 Å². The Morgan fingerprint density at radius 3 is 2.00 bits per heavy atom. The first kappa shape index (κ1) is 10.0. The molecule has 0 spiro atoms. The molecule has 0 aromatic heterocycles. The molecule has 0 unspecified atom stereocenters. The predicted molar refractivity (Wildman–Crippen MR) is 45.8 cm³/mol. The summed E-state index contributed by atoms with van der Waals surface area (Å²) in [6.07, 6.45) is 0. The maximum Gasteiger partial charge on any atom is 0.142 e. The van der Waals surface area contributed by atoms with Crippen molar-refractivity contribution in [3.63, 3.8) is 0 Å². The smallest absolute Gasteiger partial charge is 0.142 e. The van der Waals surface area contributed by atoms with Crippen LogP contribution < -0.4 is 0 Å². The molecule has 0 amide bonds. The summed E-state index contributed by atoms with van der Waals surface area (Å²) in [5, 5.41) is -0.370. The highest BCUT2D eigenvalue weighted by molar-refractivity contribution is 6.45. The first-order valence-corrected chi connectivity index (χ1v) is 4.20. The molecule has 0 fully saturated rings. The zero-order valence-electron chi connectivity index (χ0n) is 5.62. The molecular weight excluding hydrogens is 228 g/mol. The van der Waals surface area contributed by atoms with Crippen molar-refractivity contribution in [1.29, 1.82) is 0 Å². The third-order valence-electron chi connectivity index (χ3n) is 1.30. The Morgan fingerprint density at radius 2 is 1.58 bits per heavy atom. The molecule has 66 valence electrons. The van der Waals surface area contributed by atoms with Crippen molar-refractivity contribution in [3.8, 4) is 0 Å². The van der Waals surface area contributed by atoms with Gasteiger partial charge >= 0.3 is 0 Å². The second kappa shape index (κ2) is 3.77. The lowest BCUT2D eigenvalue weighted by Gasteiger charge is -2.06. The van der Waals surface area contributed by atoms with Crippen molar-refractivity contribution >= 4 is 34.8 Å². The molecule has 0 bridgehead atoms. The number of hydrogen-bond acceptors (Lipinski definition) is 0. The van der Waals surface area contributed by atoms with Gasteiger partial charge in [0.2, 0.25) is 0 Å². The standard InChI is InChI=1S/C7H3Cl3F2/c8-6-4(12)2-1-3(11)5(6)7(9)10/h1-2,7H. The van der Waals surface area contributed by atoms with Crippen LogP contribution in [0.4, 0.5) is 8.78 Å². The largest absolute Gasteiger partial charge is 0.207 e. The third-order valence-corrected chi connectivity index (χ3v) is 2.12. The van der Waals surface area contributed by atoms with E-state index in [4.69, 9.17) is 34.8 Å². The van der Waals surface area contributed by atoms with Gasteiger partial charge in [-0.15, -0.1) is 0 Å². The van der Waals surface area contributed by atoms with E-state index in [1.54, 1.807) is 0 Å². The summed E-state index contributed by atoms with van der Waals surface area (Å²) in [4.78, 5) is -1.16. The van der Waals surface area contributed by atoms with Gasteiger partial charge in [0.25, 0.3) is 0 Å². The molecule has 5 heteroatoms. The highest BCUT2D eigenvalue weighted by atomic mass is 35.5. The van der Waals surface area contributed by atoms with Gasteiger partial charge in [0.15, 0.2) is 0 Å². The van der Waals surface area contributed by atoms with Crippen molar-refractivity contribution in [1.82, 2.24) is 0 Å². The highest BCUT2D eigenvalue weighted by Gasteiger charge is 2.17. The van der Waals surface area contributed by atoms with Crippen molar-refractivity contribution in [2.45, 2.75) is 4.84 Å². The van der Waals surface area contributed by atoms with Crippen LogP contribution in [0, 0.1) is 11.6 Å². The molecule has 0 saturated carbocycles. The van der Waals surface area contributed by atoms with Crippen LogP contribution in [0.5, 0.6) is 0 Å². The van der Waals surface area contributed by atoms with Crippen LogP contribution >= 0.6 is 34.8 Å². The summed E-state index contributed by atoms with van der Waals surface area (Å²) in [6, 6.07) is 1.84. The average Bonchev–Trinajstić information content (AvgIpc) is 1.97. The predicted octanol–water partition coefficient (Wildman–Crippen LogP) is 4.09. The Labute approximate surface area is 83.0 Å². The van der Waals surface area contributed by atoms with Gasteiger partial charge in [-0.05, 0) is 12.1 Å². The Bertz CT molecular complexity index is 299. The quantitative estimate of drug-likeness (QED) is 0.504. The Balaban J connectivity index is 3.33. The normalized spacial score (nSPS) is 10.8. The van der Waals surface area contributed by atoms with E-state index in [-0.39, 0.29) is 10.6 Å². The van der Waals surface area contributed by atoms with Gasteiger partial charge in [0.1, 0.15) is 16.5 Å². The monoisotopic (exact) mass is 230 g/mol. The van der Waals surface area contributed by atoms with E-state index in [0.717, 1.165) is 12.1 Å². The van der Waals surface area contributed by atoms with E-state index < -0.39 is 16.5 Å². The summed E-state index contributed by atoms with van der Waals surface area (Å²) < 4.78 is 25.6. The fourth-order valence-corrected chi connectivity index (χ4v) is 1.54. The molecular formula is C7H3Cl3F2. The molecule has 12 heavy (non-hydrogen) atoms. The minimum Gasteiger partial charge on any atom is -0.207 e. The van der Waals surface area contributed by atoms with Gasteiger partial charge in [-0.25, -0.2) is 8.78 Å². The molecule has 1 aromatic rings. The first-order chi connectivity index (χ1) is 5.54. The Kier molecular flexibility index (Phi) is 3.16. The molecule has 0 saturated heterocycles. The van der Waals surface area contributed by atoms with Gasteiger partial charge in [-0.1, -0.05) is 34.8 Å². The first-order valence-electron chi connectivity index (χ1n) is 2.95. The SMILES string of the molecule is Fc1ccc(F)c(C(Cl)Cl)c1Cl. The molecule has 0 aliphatic carbocycles. The molecule has 0 aliphatic rings. The summed E-state index contributed by atoms with van der Waals surface area (Å²) in [6.45, 7) is 0. The molecule has 0 atom stereocenters. The molecule has 0 nitrogen and oxygen atoms in total. The number of benzene rings is 1. The van der Waals surface area contributed by atoms with E-state index >= 15 is 0 Å². The second-order valence-corrected chi connectivity index (χ2v) is 3.53. The molecule has 1 aromatic carbocycles. The summed E-state index contributed by atoms with van der Waals surface area (Å²) in [7, 11) is 0.